The molecule has 4 aromatic rings. The summed E-state index contributed by atoms with van der Waals surface area (Å²) in [5.74, 6) is -0.167. The van der Waals surface area contributed by atoms with Crippen LogP contribution in [0, 0.1) is 6.92 Å². The van der Waals surface area contributed by atoms with E-state index in [0.29, 0.717) is 16.5 Å². The molecule has 1 aliphatic rings. The number of ether oxygens (including phenoxy) is 1. The standard InChI is InChI=1S/C38H42ClN3O5S/c1-28-11-9-17-33(23-28)42(48(45,46)35-21-19-31(39)20-22-35)27-37(43)41(26-30-14-10-18-34(24-30)47-2)36(25-29-12-5-3-6-13-29)38(44)40-32-15-7-4-8-16-32/h3,5-6,9-14,17-24,32,36H,4,7-8,15-16,25-27H2,1-2H3,(H,40,44)/t36-/m0/s1. The fourth-order valence-electron chi connectivity index (χ4n) is 6.11. The van der Waals surface area contributed by atoms with Gasteiger partial charge in [0.05, 0.1) is 17.7 Å². The zero-order valence-corrected chi connectivity index (χ0v) is 28.9. The Hall–Kier alpha value is -4.34. The van der Waals surface area contributed by atoms with E-state index in [9.17, 15) is 18.0 Å². The van der Waals surface area contributed by atoms with E-state index in [2.05, 4.69) is 5.32 Å². The number of anilines is 1. The molecule has 2 amide bonds. The third-order valence-corrected chi connectivity index (χ3v) is 10.7. The molecule has 1 atom stereocenters. The van der Waals surface area contributed by atoms with Gasteiger partial charge in [0.2, 0.25) is 11.8 Å². The minimum atomic E-state index is -4.22. The molecular formula is C38H42ClN3O5S. The summed E-state index contributed by atoms with van der Waals surface area (Å²) in [6, 6.07) is 28.9. The first kappa shape index (κ1) is 35.0. The number of hydrogen-bond donors (Lipinski definition) is 1. The molecule has 1 fully saturated rings. The van der Waals surface area contributed by atoms with E-state index in [0.717, 1.165) is 53.1 Å². The Morgan fingerprint density at radius 2 is 1.56 bits per heavy atom. The number of amides is 2. The molecule has 0 spiro atoms. The Bertz CT molecular complexity index is 1790. The fraction of sp³-hybridized carbons (Fsp3) is 0.316. The molecule has 0 heterocycles. The molecule has 4 aromatic carbocycles. The Kier molecular flexibility index (Phi) is 11.8. The van der Waals surface area contributed by atoms with E-state index >= 15 is 0 Å². The van der Waals surface area contributed by atoms with Crippen LogP contribution in [0.25, 0.3) is 0 Å². The molecule has 5 rings (SSSR count). The third-order valence-electron chi connectivity index (χ3n) is 8.68. The summed E-state index contributed by atoms with van der Waals surface area (Å²) >= 11 is 6.09. The molecule has 252 valence electrons. The first-order chi connectivity index (χ1) is 23.1. The molecule has 10 heteroatoms. The minimum Gasteiger partial charge on any atom is -0.497 e. The molecule has 8 nitrogen and oxygen atoms in total. The van der Waals surface area contributed by atoms with Gasteiger partial charge in [-0.05, 0) is 85.0 Å². The quantitative estimate of drug-likeness (QED) is 0.164. The van der Waals surface area contributed by atoms with E-state index in [-0.39, 0.29) is 29.8 Å². The second kappa shape index (κ2) is 16.2. The van der Waals surface area contributed by atoms with Gasteiger partial charge in [0.25, 0.3) is 10.0 Å². The van der Waals surface area contributed by atoms with Crippen LogP contribution in [-0.4, -0.2) is 50.9 Å². The largest absolute Gasteiger partial charge is 0.497 e. The number of halogens is 1. The molecule has 0 aromatic heterocycles. The predicted molar refractivity (Wildman–Crippen MR) is 190 cm³/mol. The highest BCUT2D eigenvalue weighted by molar-refractivity contribution is 7.92. The smallest absolute Gasteiger partial charge is 0.264 e. The molecule has 1 saturated carbocycles. The molecule has 0 bridgehead atoms. The summed E-state index contributed by atoms with van der Waals surface area (Å²) in [7, 11) is -2.65. The maximum atomic E-state index is 14.7. The highest BCUT2D eigenvalue weighted by Gasteiger charge is 2.35. The Morgan fingerprint density at radius 1 is 0.875 bits per heavy atom. The van der Waals surface area contributed by atoms with Crippen molar-refractivity contribution in [2.75, 3.05) is 18.0 Å². The summed E-state index contributed by atoms with van der Waals surface area (Å²) in [5, 5.41) is 3.63. The van der Waals surface area contributed by atoms with Crippen molar-refractivity contribution in [3.63, 3.8) is 0 Å². The third kappa shape index (κ3) is 8.96. The van der Waals surface area contributed by atoms with Gasteiger partial charge in [-0.25, -0.2) is 8.42 Å². The molecular weight excluding hydrogens is 646 g/mol. The fourth-order valence-corrected chi connectivity index (χ4v) is 7.64. The second-order valence-electron chi connectivity index (χ2n) is 12.2. The molecule has 1 N–H and O–H groups in total. The van der Waals surface area contributed by atoms with E-state index in [1.165, 1.54) is 29.2 Å². The lowest BCUT2D eigenvalue weighted by Crippen LogP contribution is -2.55. The Labute approximate surface area is 288 Å². The number of carbonyl (C=O) groups excluding carboxylic acids is 2. The van der Waals surface area contributed by atoms with E-state index in [4.69, 9.17) is 16.3 Å². The van der Waals surface area contributed by atoms with E-state index < -0.39 is 28.5 Å². The molecule has 1 aliphatic carbocycles. The molecule has 0 saturated heterocycles. The SMILES string of the molecule is COc1cccc(CN(C(=O)CN(c2cccc(C)c2)S(=O)(=O)c2ccc(Cl)cc2)[C@@H](Cc2ccccc2)C(=O)NC2CCCCC2)c1. The number of aryl methyl sites for hydroxylation is 1. The average Bonchev–Trinajstić information content (AvgIpc) is 3.09. The number of methoxy groups -OCH3 is 1. The van der Waals surface area contributed by atoms with Crippen molar-refractivity contribution < 1.29 is 22.7 Å². The van der Waals surface area contributed by atoms with Gasteiger partial charge < -0.3 is 15.0 Å². The number of rotatable bonds is 13. The second-order valence-corrected chi connectivity index (χ2v) is 14.5. The van der Waals surface area contributed by atoms with Gasteiger partial charge in [-0.2, -0.15) is 0 Å². The Morgan fingerprint density at radius 3 is 2.25 bits per heavy atom. The monoisotopic (exact) mass is 687 g/mol. The van der Waals surface area contributed by atoms with Crippen molar-refractivity contribution in [3.8, 4) is 5.75 Å². The zero-order valence-electron chi connectivity index (χ0n) is 27.3. The maximum Gasteiger partial charge on any atom is 0.264 e. The van der Waals surface area contributed by atoms with Crippen LogP contribution < -0.4 is 14.4 Å². The van der Waals surface area contributed by atoms with Gasteiger partial charge in [-0.15, -0.1) is 0 Å². The van der Waals surface area contributed by atoms with Crippen LogP contribution in [0.3, 0.4) is 0 Å². The van der Waals surface area contributed by atoms with Gasteiger partial charge in [-0.3, -0.25) is 13.9 Å². The summed E-state index contributed by atoms with van der Waals surface area (Å²) in [6.07, 6.45) is 5.23. The molecule has 48 heavy (non-hydrogen) atoms. The van der Waals surface area contributed by atoms with Crippen LogP contribution in [0.4, 0.5) is 5.69 Å². The van der Waals surface area contributed by atoms with Gasteiger partial charge in [0, 0.05) is 24.0 Å². The Balaban J connectivity index is 1.57. The summed E-state index contributed by atoms with van der Waals surface area (Å²) < 4.78 is 35.0. The van der Waals surface area contributed by atoms with Crippen LogP contribution in [0.5, 0.6) is 5.75 Å². The van der Waals surface area contributed by atoms with Crippen LogP contribution in [-0.2, 0) is 32.6 Å². The minimum absolute atomic E-state index is 0.00331. The molecule has 0 aliphatic heterocycles. The van der Waals surface area contributed by atoms with Crippen LogP contribution in [0.2, 0.25) is 5.02 Å². The van der Waals surface area contributed by atoms with Crippen LogP contribution in [0.1, 0.15) is 48.8 Å². The van der Waals surface area contributed by atoms with Crippen molar-refractivity contribution >= 4 is 39.1 Å². The number of hydrogen-bond acceptors (Lipinski definition) is 5. The van der Waals surface area contributed by atoms with Crippen molar-refractivity contribution in [1.29, 1.82) is 0 Å². The van der Waals surface area contributed by atoms with Gasteiger partial charge >= 0.3 is 0 Å². The number of carbonyl (C=O) groups is 2. The summed E-state index contributed by atoms with van der Waals surface area (Å²) in [4.78, 5) is 30.5. The normalized spacial score (nSPS) is 14.1. The van der Waals surface area contributed by atoms with Crippen molar-refractivity contribution in [1.82, 2.24) is 10.2 Å². The molecule has 0 unspecified atom stereocenters. The number of sulfonamides is 1. The van der Waals surface area contributed by atoms with Gasteiger partial charge in [0.15, 0.2) is 0 Å². The first-order valence-electron chi connectivity index (χ1n) is 16.3. The van der Waals surface area contributed by atoms with Crippen molar-refractivity contribution in [3.05, 3.63) is 125 Å². The maximum absolute atomic E-state index is 14.7. The van der Waals surface area contributed by atoms with Crippen LogP contribution >= 0.6 is 11.6 Å². The van der Waals surface area contributed by atoms with Crippen molar-refractivity contribution in [2.45, 2.75) is 69.0 Å². The number of benzene rings is 4. The number of nitrogens with one attached hydrogen (secondary N) is 1. The zero-order chi connectivity index (χ0) is 34.1. The average molecular weight is 688 g/mol. The van der Waals surface area contributed by atoms with E-state index in [1.807, 2.05) is 67.6 Å². The lowest BCUT2D eigenvalue weighted by molar-refractivity contribution is -0.140. The highest BCUT2D eigenvalue weighted by atomic mass is 35.5. The first-order valence-corrected chi connectivity index (χ1v) is 18.1. The van der Waals surface area contributed by atoms with Crippen molar-refractivity contribution in [2.24, 2.45) is 0 Å². The van der Waals surface area contributed by atoms with Crippen LogP contribution in [0.15, 0.2) is 108 Å². The highest BCUT2D eigenvalue weighted by Crippen LogP contribution is 2.27. The topological polar surface area (TPSA) is 96.0 Å². The van der Waals surface area contributed by atoms with Gasteiger partial charge in [0.1, 0.15) is 18.3 Å². The molecule has 0 radical (unpaired) electrons. The summed E-state index contributed by atoms with van der Waals surface area (Å²) in [6.45, 7) is 1.40. The lowest BCUT2D eigenvalue weighted by atomic mass is 9.94. The summed E-state index contributed by atoms with van der Waals surface area (Å²) in [5.41, 5.74) is 2.80. The lowest BCUT2D eigenvalue weighted by Gasteiger charge is -2.35. The number of nitrogens with zero attached hydrogens (tertiary/aromatic N) is 2. The predicted octanol–water partition coefficient (Wildman–Crippen LogP) is 6.94. The van der Waals surface area contributed by atoms with E-state index in [1.54, 1.807) is 25.3 Å². The van der Waals surface area contributed by atoms with Gasteiger partial charge in [-0.1, -0.05) is 85.5 Å².